The molecule has 0 radical (unpaired) electrons. The first-order chi connectivity index (χ1) is 7.20. The Hall–Kier alpha value is -1.70. The summed E-state index contributed by atoms with van der Waals surface area (Å²) in [6.07, 6.45) is 6.12. The molecule has 1 unspecified atom stereocenters. The van der Waals surface area contributed by atoms with E-state index in [9.17, 15) is 0 Å². The molecule has 0 amide bonds. The molecule has 1 heterocycles. The van der Waals surface area contributed by atoms with Crippen LogP contribution in [0.4, 0.5) is 0 Å². The Labute approximate surface area is 89.0 Å². The van der Waals surface area contributed by atoms with Gasteiger partial charge in [-0.15, -0.1) is 0 Å². The summed E-state index contributed by atoms with van der Waals surface area (Å²) >= 11 is 0. The molecule has 0 saturated carbocycles. The van der Waals surface area contributed by atoms with Crippen LogP contribution in [-0.4, -0.2) is 6.10 Å². The number of fused-ring (bicyclic) bond motifs is 3. The molecule has 2 aliphatic rings. The van der Waals surface area contributed by atoms with Crippen LogP contribution in [-0.2, 0) is 5.41 Å². The van der Waals surface area contributed by atoms with Gasteiger partial charge in [-0.1, -0.05) is 18.2 Å². The van der Waals surface area contributed by atoms with E-state index in [0.717, 1.165) is 11.4 Å². The van der Waals surface area contributed by atoms with Crippen LogP contribution < -0.4 is 10.5 Å². The third-order valence-corrected chi connectivity index (χ3v) is 3.24. The zero-order chi connectivity index (χ0) is 10.5. The predicted octanol–water partition coefficient (Wildman–Crippen LogP) is 2.12. The summed E-state index contributed by atoms with van der Waals surface area (Å²) < 4.78 is 5.88. The number of para-hydroxylation sites is 1. The molecule has 1 aromatic carbocycles. The zero-order valence-electron chi connectivity index (χ0n) is 8.60. The van der Waals surface area contributed by atoms with E-state index in [1.54, 1.807) is 0 Å². The van der Waals surface area contributed by atoms with Crippen molar-refractivity contribution in [3.63, 3.8) is 0 Å². The third kappa shape index (κ3) is 1.05. The van der Waals surface area contributed by atoms with Gasteiger partial charge in [0.2, 0.25) is 0 Å². The Kier molecular flexibility index (Phi) is 1.52. The summed E-state index contributed by atoms with van der Waals surface area (Å²) in [5.41, 5.74) is 7.79. The highest BCUT2D eigenvalue weighted by Crippen LogP contribution is 2.45. The lowest BCUT2D eigenvalue weighted by molar-refractivity contribution is 0.227. The summed E-state index contributed by atoms with van der Waals surface area (Å²) in [5, 5.41) is 0. The van der Waals surface area contributed by atoms with E-state index in [4.69, 9.17) is 10.5 Å². The van der Waals surface area contributed by atoms with Gasteiger partial charge >= 0.3 is 0 Å². The maximum Gasteiger partial charge on any atom is 0.130 e. The molecule has 15 heavy (non-hydrogen) atoms. The second-order valence-electron chi connectivity index (χ2n) is 4.32. The summed E-state index contributed by atoms with van der Waals surface area (Å²) in [5.74, 6) is 0.973. The number of allylic oxidation sites excluding steroid dienone is 1. The first-order valence-electron chi connectivity index (χ1n) is 5.13. The molecular formula is C13H13NO. The number of hydrogen-bond donors (Lipinski definition) is 1. The van der Waals surface area contributed by atoms with Crippen LogP contribution in [0.1, 0.15) is 12.5 Å². The molecule has 1 aromatic rings. The van der Waals surface area contributed by atoms with Crippen LogP contribution >= 0.6 is 0 Å². The lowest BCUT2D eigenvalue weighted by Crippen LogP contribution is -2.34. The minimum absolute atomic E-state index is 0.0854. The predicted molar refractivity (Wildman–Crippen MR) is 59.6 cm³/mol. The molecule has 3 rings (SSSR count). The van der Waals surface area contributed by atoms with Crippen molar-refractivity contribution in [2.45, 2.75) is 18.4 Å². The second kappa shape index (κ2) is 2.66. The minimum atomic E-state index is -0.102. The SMILES string of the molecule is C[C@@]12C=C(N)C=CC1Oc1ccccc12. The molecule has 0 saturated heterocycles. The first-order valence-corrected chi connectivity index (χ1v) is 5.13. The Morgan fingerprint density at radius 3 is 3.00 bits per heavy atom. The molecule has 2 atom stereocenters. The molecule has 0 spiro atoms. The number of ether oxygens (including phenoxy) is 1. The van der Waals surface area contributed by atoms with Gasteiger partial charge in [-0.25, -0.2) is 0 Å². The highest BCUT2D eigenvalue weighted by molar-refractivity contribution is 5.52. The summed E-state index contributed by atoms with van der Waals surface area (Å²) in [4.78, 5) is 0. The van der Waals surface area contributed by atoms with Crippen molar-refractivity contribution in [1.29, 1.82) is 0 Å². The zero-order valence-corrected chi connectivity index (χ0v) is 8.60. The molecule has 0 aromatic heterocycles. The topological polar surface area (TPSA) is 35.2 Å². The number of nitrogens with two attached hydrogens (primary N) is 1. The fourth-order valence-electron chi connectivity index (χ4n) is 2.42. The molecule has 1 aliphatic heterocycles. The molecule has 1 aliphatic carbocycles. The molecule has 2 nitrogen and oxygen atoms in total. The van der Waals surface area contributed by atoms with E-state index >= 15 is 0 Å². The Morgan fingerprint density at radius 1 is 1.33 bits per heavy atom. The Bertz CT molecular complexity index is 475. The maximum atomic E-state index is 5.88. The van der Waals surface area contributed by atoms with Crippen molar-refractivity contribution < 1.29 is 4.74 Å². The maximum absolute atomic E-state index is 5.88. The average Bonchev–Trinajstić information content (AvgIpc) is 2.51. The van der Waals surface area contributed by atoms with Crippen LogP contribution in [0.5, 0.6) is 5.75 Å². The van der Waals surface area contributed by atoms with E-state index in [1.165, 1.54) is 5.56 Å². The van der Waals surface area contributed by atoms with Crippen molar-refractivity contribution in [2.75, 3.05) is 0 Å². The fraction of sp³-hybridized carbons (Fsp3) is 0.231. The van der Waals surface area contributed by atoms with E-state index in [0.29, 0.717) is 0 Å². The van der Waals surface area contributed by atoms with Crippen LogP contribution in [0, 0.1) is 0 Å². The summed E-state index contributed by atoms with van der Waals surface area (Å²) in [6, 6.07) is 8.16. The standard InChI is InChI=1S/C13H13NO/c1-13-8-9(14)6-7-12(13)15-11-5-3-2-4-10(11)13/h2-8,12H,14H2,1H3/t12?,13-/m0/s1. The monoisotopic (exact) mass is 199 g/mol. The minimum Gasteiger partial charge on any atom is -0.485 e. The fourth-order valence-corrected chi connectivity index (χ4v) is 2.42. The van der Waals surface area contributed by atoms with Crippen molar-refractivity contribution in [2.24, 2.45) is 5.73 Å². The largest absolute Gasteiger partial charge is 0.485 e. The van der Waals surface area contributed by atoms with Crippen LogP contribution in [0.2, 0.25) is 0 Å². The van der Waals surface area contributed by atoms with Crippen LogP contribution in [0.3, 0.4) is 0 Å². The number of benzene rings is 1. The average molecular weight is 199 g/mol. The van der Waals surface area contributed by atoms with Gasteiger partial charge < -0.3 is 10.5 Å². The molecule has 0 fully saturated rings. The third-order valence-electron chi connectivity index (χ3n) is 3.24. The summed E-state index contributed by atoms with van der Waals surface area (Å²) in [6.45, 7) is 2.17. The quantitative estimate of drug-likeness (QED) is 0.694. The highest BCUT2D eigenvalue weighted by atomic mass is 16.5. The van der Waals surface area contributed by atoms with Gasteiger partial charge in [0.05, 0.1) is 5.41 Å². The lowest BCUT2D eigenvalue weighted by Gasteiger charge is -2.28. The first kappa shape index (κ1) is 8.60. The van der Waals surface area contributed by atoms with E-state index < -0.39 is 0 Å². The highest BCUT2D eigenvalue weighted by Gasteiger charge is 2.43. The van der Waals surface area contributed by atoms with E-state index in [1.807, 2.05) is 30.4 Å². The normalized spacial score (nSPS) is 31.5. The smallest absolute Gasteiger partial charge is 0.130 e. The second-order valence-corrected chi connectivity index (χ2v) is 4.32. The molecule has 2 N–H and O–H groups in total. The van der Waals surface area contributed by atoms with Gasteiger partial charge in [-0.05, 0) is 31.2 Å². The number of rotatable bonds is 0. The van der Waals surface area contributed by atoms with Gasteiger partial charge in [0.15, 0.2) is 0 Å². The van der Waals surface area contributed by atoms with Crippen molar-refractivity contribution in [1.82, 2.24) is 0 Å². The lowest BCUT2D eigenvalue weighted by atomic mass is 9.76. The molecular weight excluding hydrogens is 186 g/mol. The van der Waals surface area contributed by atoms with Gasteiger partial charge in [0, 0.05) is 11.3 Å². The van der Waals surface area contributed by atoms with E-state index in [-0.39, 0.29) is 11.5 Å². The van der Waals surface area contributed by atoms with Gasteiger partial charge in [0.1, 0.15) is 11.9 Å². The summed E-state index contributed by atoms with van der Waals surface area (Å²) in [7, 11) is 0. The van der Waals surface area contributed by atoms with Crippen molar-refractivity contribution in [3.8, 4) is 5.75 Å². The van der Waals surface area contributed by atoms with E-state index in [2.05, 4.69) is 19.1 Å². The molecule has 2 heteroatoms. The Morgan fingerprint density at radius 2 is 2.13 bits per heavy atom. The molecule has 76 valence electrons. The van der Waals surface area contributed by atoms with Crippen molar-refractivity contribution >= 4 is 0 Å². The molecule has 0 bridgehead atoms. The van der Waals surface area contributed by atoms with Crippen molar-refractivity contribution in [3.05, 3.63) is 53.8 Å². The number of hydrogen-bond acceptors (Lipinski definition) is 2. The van der Waals surface area contributed by atoms with Gasteiger partial charge in [-0.3, -0.25) is 0 Å². The van der Waals surface area contributed by atoms with Gasteiger partial charge in [-0.2, -0.15) is 0 Å². The van der Waals surface area contributed by atoms with Crippen LogP contribution in [0.25, 0.3) is 0 Å². The van der Waals surface area contributed by atoms with Crippen LogP contribution in [0.15, 0.2) is 48.2 Å². The van der Waals surface area contributed by atoms with Gasteiger partial charge in [0.25, 0.3) is 0 Å². The Balaban J connectivity index is 2.20.